The molecule has 1 heterocycles. The Bertz CT molecular complexity index is 841. The van der Waals surface area contributed by atoms with Gasteiger partial charge < -0.3 is 10.1 Å². The number of rotatable bonds is 5. The van der Waals surface area contributed by atoms with Gasteiger partial charge in [0.05, 0.1) is 17.7 Å². The largest absolute Gasteiger partial charge is 0.495 e. The predicted molar refractivity (Wildman–Crippen MR) is 86.1 cm³/mol. The molecule has 8 nitrogen and oxygen atoms in total. The first-order valence-corrected chi connectivity index (χ1v) is 6.70. The molecule has 0 aliphatic carbocycles. The molecule has 0 radical (unpaired) electrons. The van der Waals surface area contributed by atoms with Crippen LogP contribution in [-0.4, -0.2) is 22.9 Å². The first-order chi connectivity index (χ1) is 11.5. The molecule has 0 atom stereocenters. The van der Waals surface area contributed by atoms with Gasteiger partial charge in [-0.2, -0.15) is 5.26 Å². The van der Waals surface area contributed by atoms with Crippen molar-refractivity contribution in [3.05, 3.63) is 64.0 Å². The molecule has 0 saturated carbocycles. The molecule has 1 amide bonds. The third-order valence-electron chi connectivity index (χ3n) is 3.00. The van der Waals surface area contributed by atoms with E-state index in [1.165, 1.54) is 31.5 Å². The van der Waals surface area contributed by atoms with Crippen LogP contribution in [0.4, 0.5) is 11.4 Å². The third kappa shape index (κ3) is 3.92. The van der Waals surface area contributed by atoms with E-state index in [9.17, 15) is 14.9 Å². The summed E-state index contributed by atoms with van der Waals surface area (Å²) in [6, 6.07) is 8.93. The Hall–Kier alpha value is -3.73. The van der Waals surface area contributed by atoms with Crippen molar-refractivity contribution < 1.29 is 14.5 Å². The maximum atomic E-state index is 12.2. The number of amides is 1. The summed E-state index contributed by atoms with van der Waals surface area (Å²) < 4.78 is 5.06. The number of anilines is 1. The summed E-state index contributed by atoms with van der Waals surface area (Å²) in [4.78, 5) is 26.4. The number of nitrogens with one attached hydrogen (secondary N) is 1. The highest BCUT2D eigenvalue weighted by Crippen LogP contribution is 2.29. The summed E-state index contributed by atoms with van der Waals surface area (Å²) in [6.45, 7) is 0. The number of hydrogen-bond acceptors (Lipinski definition) is 6. The Kier molecular flexibility index (Phi) is 5.20. The molecule has 8 heteroatoms. The van der Waals surface area contributed by atoms with E-state index >= 15 is 0 Å². The second-order valence-corrected chi connectivity index (χ2v) is 4.55. The zero-order valence-electron chi connectivity index (χ0n) is 12.6. The van der Waals surface area contributed by atoms with Gasteiger partial charge >= 0.3 is 0 Å². The zero-order valence-corrected chi connectivity index (χ0v) is 12.6. The fourth-order valence-corrected chi connectivity index (χ4v) is 1.87. The molecule has 120 valence electrons. The molecule has 2 rings (SSSR count). The van der Waals surface area contributed by atoms with Gasteiger partial charge in [-0.1, -0.05) is 6.07 Å². The van der Waals surface area contributed by atoms with Crippen molar-refractivity contribution in [3.63, 3.8) is 0 Å². The van der Waals surface area contributed by atoms with Crippen LogP contribution in [0.1, 0.15) is 5.56 Å². The van der Waals surface area contributed by atoms with E-state index in [0.717, 1.165) is 6.07 Å². The summed E-state index contributed by atoms with van der Waals surface area (Å²) in [5.74, 6) is -0.465. The van der Waals surface area contributed by atoms with Gasteiger partial charge in [0, 0.05) is 24.5 Å². The quantitative estimate of drug-likeness (QED) is 0.391. The maximum Gasteiger partial charge on any atom is 0.271 e. The number of hydrogen-bond donors (Lipinski definition) is 1. The Morgan fingerprint density at radius 3 is 2.83 bits per heavy atom. The molecule has 1 N–H and O–H groups in total. The number of non-ortho nitro benzene ring substituents is 1. The summed E-state index contributed by atoms with van der Waals surface area (Å²) >= 11 is 0. The van der Waals surface area contributed by atoms with Crippen LogP contribution in [0.5, 0.6) is 5.75 Å². The highest BCUT2D eigenvalue weighted by atomic mass is 16.6. The number of nitrogens with zero attached hydrogens (tertiary/aromatic N) is 3. The van der Waals surface area contributed by atoms with Gasteiger partial charge in [-0.05, 0) is 23.8 Å². The van der Waals surface area contributed by atoms with Gasteiger partial charge in [0.25, 0.3) is 11.6 Å². The van der Waals surface area contributed by atoms with E-state index in [2.05, 4.69) is 10.3 Å². The highest BCUT2D eigenvalue weighted by Gasteiger charge is 2.16. The minimum Gasteiger partial charge on any atom is -0.495 e. The van der Waals surface area contributed by atoms with Crippen molar-refractivity contribution in [1.82, 2.24) is 4.98 Å². The fourth-order valence-electron chi connectivity index (χ4n) is 1.87. The van der Waals surface area contributed by atoms with E-state index in [1.807, 2.05) is 0 Å². The summed E-state index contributed by atoms with van der Waals surface area (Å²) in [6.07, 6.45) is 4.43. The Morgan fingerprint density at radius 1 is 1.46 bits per heavy atom. The molecule has 0 saturated heterocycles. The summed E-state index contributed by atoms with van der Waals surface area (Å²) in [7, 11) is 1.37. The van der Waals surface area contributed by atoms with Gasteiger partial charge in [-0.25, -0.2) is 0 Å². The van der Waals surface area contributed by atoms with Crippen LogP contribution in [0.15, 0.2) is 48.3 Å². The first-order valence-electron chi connectivity index (χ1n) is 6.70. The molecule has 1 aromatic heterocycles. The van der Waals surface area contributed by atoms with Crippen molar-refractivity contribution >= 4 is 23.4 Å². The second kappa shape index (κ2) is 7.51. The monoisotopic (exact) mass is 324 g/mol. The molecular formula is C16H12N4O4. The van der Waals surface area contributed by atoms with Crippen LogP contribution in [-0.2, 0) is 4.79 Å². The summed E-state index contributed by atoms with van der Waals surface area (Å²) in [5.41, 5.74) is 0.302. The minimum absolute atomic E-state index is 0.101. The Labute approximate surface area is 137 Å². The number of benzene rings is 1. The molecule has 0 bridgehead atoms. The van der Waals surface area contributed by atoms with Crippen LogP contribution in [0.25, 0.3) is 6.08 Å². The lowest BCUT2D eigenvalue weighted by Crippen LogP contribution is -2.14. The topological polar surface area (TPSA) is 118 Å². The fraction of sp³-hybridized carbons (Fsp3) is 0.0625. The number of nitro benzene ring substituents is 1. The molecule has 24 heavy (non-hydrogen) atoms. The van der Waals surface area contributed by atoms with Crippen LogP contribution in [0.3, 0.4) is 0 Å². The Morgan fingerprint density at radius 2 is 2.25 bits per heavy atom. The Balaban J connectivity index is 2.31. The first kappa shape index (κ1) is 16.6. The maximum absolute atomic E-state index is 12.2. The normalized spacial score (nSPS) is 10.6. The molecule has 0 fully saturated rings. The number of methoxy groups -OCH3 is 1. The van der Waals surface area contributed by atoms with Crippen molar-refractivity contribution in [2.75, 3.05) is 12.4 Å². The lowest BCUT2D eigenvalue weighted by molar-refractivity contribution is -0.384. The molecule has 1 aromatic carbocycles. The highest BCUT2D eigenvalue weighted by molar-refractivity contribution is 6.10. The standard InChI is InChI=1S/C16H12N4O4/c1-24-15-5-4-13(20(22)23)8-14(15)19-16(21)12(9-17)7-11-3-2-6-18-10-11/h2-8,10H,1H3,(H,19,21)/b12-7+. The molecule has 0 spiro atoms. The van der Waals surface area contributed by atoms with Crippen molar-refractivity contribution in [1.29, 1.82) is 5.26 Å². The smallest absolute Gasteiger partial charge is 0.271 e. The average molecular weight is 324 g/mol. The number of ether oxygens (including phenoxy) is 1. The van der Waals surface area contributed by atoms with E-state index in [1.54, 1.807) is 24.4 Å². The van der Waals surface area contributed by atoms with Gasteiger partial charge in [-0.3, -0.25) is 19.9 Å². The molecule has 0 unspecified atom stereocenters. The van der Waals surface area contributed by atoms with E-state index in [-0.39, 0.29) is 22.7 Å². The van der Waals surface area contributed by atoms with E-state index in [0.29, 0.717) is 5.56 Å². The predicted octanol–water partition coefficient (Wildman–Crippen LogP) is 2.54. The SMILES string of the molecule is COc1ccc([N+](=O)[O-])cc1NC(=O)/C(C#N)=C/c1cccnc1. The van der Waals surface area contributed by atoms with Gasteiger partial charge in [0.1, 0.15) is 17.4 Å². The van der Waals surface area contributed by atoms with E-state index < -0.39 is 10.8 Å². The number of pyridine rings is 1. The molecule has 0 aliphatic rings. The number of nitro groups is 1. The summed E-state index contributed by atoms with van der Waals surface area (Å²) in [5, 5.41) is 22.5. The number of aromatic nitrogens is 1. The van der Waals surface area contributed by atoms with Crippen LogP contribution >= 0.6 is 0 Å². The van der Waals surface area contributed by atoms with E-state index in [4.69, 9.17) is 10.00 Å². The molecule has 0 aliphatic heterocycles. The molecule has 2 aromatic rings. The third-order valence-corrected chi connectivity index (χ3v) is 3.00. The zero-order chi connectivity index (χ0) is 17.5. The van der Waals surface area contributed by atoms with Gasteiger partial charge in [-0.15, -0.1) is 0 Å². The average Bonchev–Trinajstić information content (AvgIpc) is 2.60. The van der Waals surface area contributed by atoms with Gasteiger partial charge in [0.2, 0.25) is 0 Å². The van der Waals surface area contributed by atoms with Crippen molar-refractivity contribution in [2.24, 2.45) is 0 Å². The number of carbonyl (C=O) groups excluding carboxylic acids is 1. The number of nitriles is 1. The van der Waals surface area contributed by atoms with Crippen molar-refractivity contribution in [3.8, 4) is 11.8 Å². The van der Waals surface area contributed by atoms with Crippen LogP contribution in [0, 0.1) is 21.4 Å². The molecular weight excluding hydrogens is 312 g/mol. The van der Waals surface area contributed by atoms with Gasteiger partial charge in [0.15, 0.2) is 0 Å². The number of carbonyl (C=O) groups is 1. The lowest BCUT2D eigenvalue weighted by atomic mass is 10.1. The minimum atomic E-state index is -0.708. The van der Waals surface area contributed by atoms with Crippen LogP contribution < -0.4 is 10.1 Å². The lowest BCUT2D eigenvalue weighted by Gasteiger charge is -2.09. The van der Waals surface area contributed by atoms with Crippen molar-refractivity contribution in [2.45, 2.75) is 0 Å². The second-order valence-electron chi connectivity index (χ2n) is 4.55. The van der Waals surface area contributed by atoms with Crippen LogP contribution in [0.2, 0.25) is 0 Å².